The largest absolute Gasteiger partial charge is 0.435 e. The maximum atomic E-state index is 14.2. The minimum atomic E-state index is -4.85. The molecule has 0 unspecified atom stereocenters. The Labute approximate surface area is 212 Å². The van der Waals surface area contributed by atoms with Gasteiger partial charge in [0.1, 0.15) is 0 Å². The number of benzene rings is 2. The van der Waals surface area contributed by atoms with Crippen LogP contribution in [-0.4, -0.2) is 38.1 Å². The second-order valence-electron chi connectivity index (χ2n) is 9.06. The first kappa shape index (κ1) is 26.5. The predicted octanol–water partition coefficient (Wildman–Crippen LogP) is 7.96. The highest BCUT2D eigenvalue weighted by molar-refractivity contribution is 9.10. The highest BCUT2D eigenvalue weighted by atomic mass is 79.9. The summed E-state index contributed by atoms with van der Waals surface area (Å²) < 4.78 is 85.8. The molecule has 4 aromatic rings. The Morgan fingerprint density at radius 2 is 1.67 bits per heavy atom. The summed E-state index contributed by atoms with van der Waals surface area (Å²) in [5.74, 6) is 0.227. The Bertz CT molecular complexity index is 1380. The fraction of sp³-hybridized carbons (Fsp3) is 0.400. The molecule has 0 aliphatic heterocycles. The van der Waals surface area contributed by atoms with E-state index in [0.29, 0.717) is 27.6 Å². The van der Waals surface area contributed by atoms with Crippen LogP contribution >= 0.6 is 15.9 Å². The number of fused-ring (bicyclic) bond motifs is 3. The van der Waals surface area contributed by atoms with E-state index in [4.69, 9.17) is 0 Å². The maximum Gasteiger partial charge on any atom is 0.435 e. The second kappa shape index (κ2) is 9.74. The van der Waals surface area contributed by atoms with Crippen molar-refractivity contribution in [3.05, 3.63) is 63.9 Å². The second-order valence-corrected chi connectivity index (χ2v) is 9.91. The van der Waals surface area contributed by atoms with Crippen molar-refractivity contribution in [2.24, 2.45) is 0 Å². The molecule has 0 aliphatic rings. The molecular formula is C25H25BrF6N4. The number of hydrogen-bond donors (Lipinski definition) is 0. The number of nitrogens with zero attached hydrogens (tertiary/aromatic N) is 4. The lowest BCUT2D eigenvalue weighted by molar-refractivity contribution is -0.148. The minimum absolute atomic E-state index is 0.00903. The molecule has 0 N–H and O–H groups in total. The van der Waals surface area contributed by atoms with Gasteiger partial charge in [-0.25, -0.2) is 4.98 Å². The summed E-state index contributed by atoms with van der Waals surface area (Å²) in [6.45, 7) is 3.88. The van der Waals surface area contributed by atoms with Gasteiger partial charge < -0.3 is 0 Å². The zero-order valence-corrected chi connectivity index (χ0v) is 21.5. The van der Waals surface area contributed by atoms with E-state index in [-0.39, 0.29) is 23.9 Å². The number of hydrogen-bond acceptors (Lipinski definition) is 2. The van der Waals surface area contributed by atoms with Gasteiger partial charge in [0.05, 0.1) is 29.0 Å². The van der Waals surface area contributed by atoms with E-state index in [1.54, 1.807) is 41.8 Å². The molecule has 0 bridgehead atoms. The SMILES string of the molecule is CCCN(Cc1c(C(F)(F)F)nc2n(-c3ccc(C(C)C)cc3Br)c3ccccc3n12)CC(F)(F)F. The molecule has 0 atom stereocenters. The van der Waals surface area contributed by atoms with Gasteiger partial charge in [-0.2, -0.15) is 26.3 Å². The summed E-state index contributed by atoms with van der Waals surface area (Å²) in [7, 11) is 0. The molecular weight excluding hydrogens is 550 g/mol. The van der Waals surface area contributed by atoms with Gasteiger partial charge in [-0.05, 0) is 64.6 Å². The summed E-state index contributed by atoms with van der Waals surface area (Å²) in [6.07, 6.45) is -9.03. The smallest absolute Gasteiger partial charge is 0.289 e. The van der Waals surface area contributed by atoms with Gasteiger partial charge in [-0.15, -0.1) is 0 Å². The van der Waals surface area contributed by atoms with Crippen molar-refractivity contribution in [1.29, 1.82) is 0 Å². The average Bonchev–Trinajstić information content (AvgIpc) is 3.28. The van der Waals surface area contributed by atoms with Gasteiger partial charge >= 0.3 is 12.4 Å². The number of imidazole rings is 2. The zero-order chi connectivity index (χ0) is 26.4. The van der Waals surface area contributed by atoms with E-state index in [9.17, 15) is 26.3 Å². The van der Waals surface area contributed by atoms with Gasteiger partial charge in [0, 0.05) is 11.0 Å². The summed E-state index contributed by atoms with van der Waals surface area (Å²) in [4.78, 5) is 4.96. The van der Waals surface area contributed by atoms with E-state index >= 15 is 0 Å². The van der Waals surface area contributed by atoms with Crippen LogP contribution in [0.4, 0.5) is 26.3 Å². The van der Waals surface area contributed by atoms with Crippen molar-refractivity contribution in [3.8, 4) is 5.69 Å². The first-order valence-electron chi connectivity index (χ1n) is 11.5. The highest BCUT2D eigenvalue weighted by Crippen LogP contribution is 2.38. The van der Waals surface area contributed by atoms with Crippen molar-refractivity contribution < 1.29 is 26.3 Å². The van der Waals surface area contributed by atoms with Crippen LogP contribution in [0.5, 0.6) is 0 Å². The molecule has 0 fully saturated rings. The van der Waals surface area contributed by atoms with Gasteiger partial charge in [0.25, 0.3) is 0 Å². The number of alkyl halides is 6. The Balaban J connectivity index is 2.01. The van der Waals surface area contributed by atoms with Gasteiger partial charge in [0.2, 0.25) is 5.78 Å². The fourth-order valence-corrected chi connectivity index (χ4v) is 5.04. The molecule has 4 nitrogen and oxygen atoms in total. The highest BCUT2D eigenvalue weighted by Gasteiger charge is 2.40. The lowest BCUT2D eigenvalue weighted by Crippen LogP contribution is -2.35. The molecule has 0 radical (unpaired) electrons. The van der Waals surface area contributed by atoms with Crippen LogP contribution in [0.1, 0.15) is 50.1 Å². The molecule has 0 amide bonds. The molecule has 0 saturated carbocycles. The topological polar surface area (TPSA) is 25.5 Å². The van der Waals surface area contributed by atoms with Crippen molar-refractivity contribution >= 4 is 32.7 Å². The number of rotatable bonds is 7. The van der Waals surface area contributed by atoms with Crippen LogP contribution in [0, 0.1) is 0 Å². The van der Waals surface area contributed by atoms with Gasteiger partial charge in [-0.1, -0.05) is 39.0 Å². The third-order valence-electron chi connectivity index (χ3n) is 5.98. The predicted molar refractivity (Wildman–Crippen MR) is 130 cm³/mol. The van der Waals surface area contributed by atoms with Crippen LogP contribution in [0.2, 0.25) is 0 Å². The fourth-order valence-electron chi connectivity index (χ4n) is 4.46. The first-order chi connectivity index (χ1) is 16.8. The molecule has 194 valence electrons. The standard InChI is InChI=1S/C25H25BrF6N4/c1-4-11-34(14-24(27,28)29)13-21-22(25(30,31)32)33-23-35(19-7-5-6-8-20(19)36(21)23)18-10-9-16(15(2)3)12-17(18)26/h5-10,12,15H,4,11,13-14H2,1-3H3. The number of halogens is 7. The maximum absolute atomic E-state index is 14.2. The van der Waals surface area contributed by atoms with E-state index in [2.05, 4.69) is 20.9 Å². The minimum Gasteiger partial charge on any atom is -0.289 e. The lowest BCUT2D eigenvalue weighted by Gasteiger charge is -2.23. The molecule has 2 aromatic heterocycles. The third-order valence-corrected chi connectivity index (χ3v) is 6.62. The normalized spacial score (nSPS) is 13.1. The van der Waals surface area contributed by atoms with Crippen molar-refractivity contribution in [3.63, 3.8) is 0 Å². The monoisotopic (exact) mass is 574 g/mol. The zero-order valence-electron chi connectivity index (χ0n) is 19.9. The number of para-hydroxylation sites is 2. The summed E-state index contributed by atoms with van der Waals surface area (Å²) in [6, 6.07) is 12.5. The molecule has 0 spiro atoms. The van der Waals surface area contributed by atoms with E-state index < -0.39 is 31.1 Å². The first-order valence-corrected chi connectivity index (χ1v) is 12.3. The van der Waals surface area contributed by atoms with Crippen molar-refractivity contribution in [2.75, 3.05) is 13.1 Å². The van der Waals surface area contributed by atoms with Crippen LogP contribution in [0.3, 0.4) is 0 Å². The van der Waals surface area contributed by atoms with E-state index in [1.807, 2.05) is 26.0 Å². The third kappa shape index (κ3) is 5.13. The van der Waals surface area contributed by atoms with Crippen LogP contribution in [0.15, 0.2) is 46.9 Å². The molecule has 2 aromatic carbocycles. The molecule has 2 heterocycles. The Hall–Kier alpha value is -2.53. The van der Waals surface area contributed by atoms with E-state index in [0.717, 1.165) is 10.5 Å². The van der Waals surface area contributed by atoms with Crippen molar-refractivity contribution in [1.82, 2.24) is 18.9 Å². The quantitative estimate of drug-likeness (QED) is 0.209. The Morgan fingerprint density at radius 3 is 2.22 bits per heavy atom. The van der Waals surface area contributed by atoms with Crippen LogP contribution in [0.25, 0.3) is 22.5 Å². The van der Waals surface area contributed by atoms with Gasteiger partial charge in [0.15, 0.2) is 5.69 Å². The van der Waals surface area contributed by atoms with Crippen LogP contribution in [-0.2, 0) is 12.7 Å². The Morgan fingerprint density at radius 1 is 1.00 bits per heavy atom. The summed E-state index contributed by atoms with van der Waals surface area (Å²) >= 11 is 3.55. The molecule has 0 aliphatic carbocycles. The van der Waals surface area contributed by atoms with Crippen LogP contribution < -0.4 is 0 Å². The number of aromatic nitrogens is 3. The summed E-state index contributed by atoms with van der Waals surface area (Å²) in [5.41, 5.74) is 1.13. The van der Waals surface area contributed by atoms with E-state index in [1.165, 1.54) is 4.40 Å². The summed E-state index contributed by atoms with van der Waals surface area (Å²) in [5, 5.41) is 0. The Kier molecular flexibility index (Phi) is 7.18. The molecule has 36 heavy (non-hydrogen) atoms. The average molecular weight is 575 g/mol. The molecule has 0 saturated heterocycles. The molecule has 11 heteroatoms. The van der Waals surface area contributed by atoms with Crippen molar-refractivity contribution in [2.45, 2.75) is 52.0 Å². The molecule has 4 rings (SSSR count). The lowest BCUT2D eigenvalue weighted by atomic mass is 10.0. The van der Waals surface area contributed by atoms with Gasteiger partial charge in [-0.3, -0.25) is 13.9 Å².